The van der Waals surface area contributed by atoms with Gasteiger partial charge in [-0.2, -0.15) is 0 Å². The average Bonchev–Trinajstić information content (AvgIpc) is 2.98. The van der Waals surface area contributed by atoms with E-state index in [0.29, 0.717) is 6.54 Å². The maximum absolute atomic E-state index is 11.8. The first-order valence-corrected chi connectivity index (χ1v) is 8.51. The van der Waals surface area contributed by atoms with Gasteiger partial charge < -0.3 is 4.90 Å². The van der Waals surface area contributed by atoms with E-state index in [1.54, 1.807) is 21.6 Å². The lowest BCUT2D eigenvalue weighted by molar-refractivity contribution is 0.229. The second kappa shape index (κ2) is 7.09. The molecule has 1 saturated heterocycles. The Balaban J connectivity index is 1.80. The zero-order valence-corrected chi connectivity index (χ0v) is 13.1. The van der Waals surface area contributed by atoms with Crippen molar-refractivity contribution in [1.29, 1.82) is 0 Å². The summed E-state index contributed by atoms with van der Waals surface area (Å²) in [5, 5.41) is 9.01. The molecule has 0 atom stereocenters. The van der Waals surface area contributed by atoms with Crippen LogP contribution in [0.4, 0.5) is 9.93 Å². The molecule has 0 saturated carbocycles. The number of hydrogen-bond donors (Lipinski definition) is 0. The second-order valence-corrected chi connectivity index (χ2v) is 6.91. The van der Waals surface area contributed by atoms with E-state index in [1.807, 2.05) is 7.05 Å². The van der Waals surface area contributed by atoms with Crippen molar-refractivity contribution in [3.63, 3.8) is 0 Å². The predicted molar refractivity (Wildman–Crippen MR) is 80.1 cm³/mol. The fraction of sp³-hybridized carbons (Fsp3) is 0.750. The van der Waals surface area contributed by atoms with E-state index >= 15 is 0 Å². The Morgan fingerprint density at radius 2 is 2.11 bits per heavy atom. The highest BCUT2D eigenvalue weighted by Gasteiger charge is 2.29. The fourth-order valence-electron chi connectivity index (χ4n) is 1.88. The second-order valence-electron chi connectivity index (χ2n) is 4.62. The molecule has 0 bridgehead atoms. The van der Waals surface area contributed by atoms with Gasteiger partial charge in [0.25, 0.3) is 0 Å². The molecule has 1 aliphatic rings. The number of thioether (sulfide) groups is 1. The minimum Gasteiger partial charge on any atom is -0.326 e. The Morgan fingerprint density at radius 3 is 2.79 bits per heavy atom. The van der Waals surface area contributed by atoms with Crippen LogP contribution in [-0.4, -0.2) is 47.0 Å². The fourth-order valence-corrected chi connectivity index (χ4v) is 3.81. The highest BCUT2D eigenvalue weighted by Crippen LogP contribution is 2.30. The molecule has 19 heavy (non-hydrogen) atoms. The van der Waals surface area contributed by atoms with E-state index in [0.717, 1.165) is 21.8 Å². The zero-order chi connectivity index (χ0) is 13.7. The summed E-state index contributed by atoms with van der Waals surface area (Å²) in [5.41, 5.74) is 0. The first-order valence-electron chi connectivity index (χ1n) is 6.71. The normalized spacial score (nSPS) is 15.6. The van der Waals surface area contributed by atoms with Crippen LogP contribution in [0.3, 0.4) is 0 Å². The molecule has 0 spiro atoms. The smallest absolute Gasteiger partial charge is 0.326 e. The largest absolute Gasteiger partial charge is 0.326 e. The van der Waals surface area contributed by atoms with Gasteiger partial charge in [0, 0.05) is 25.9 Å². The van der Waals surface area contributed by atoms with Gasteiger partial charge in [-0.1, -0.05) is 49.3 Å². The molecule has 1 aromatic heterocycles. The topological polar surface area (TPSA) is 49.3 Å². The highest BCUT2D eigenvalue weighted by molar-refractivity contribution is 8.01. The van der Waals surface area contributed by atoms with Crippen molar-refractivity contribution >= 4 is 34.3 Å². The molecule has 0 N–H and O–H groups in total. The van der Waals surface area contributed by atoms with Crippen molar-refractivity contribution in [3.8, 4) is 0 Å². The van der Waals surface area contributed by atoms with Crippen molar-refractivity contribution < 1.29 is 4.79 Å². The van der Waals surface area contributed by atoms with Crippen LogP contribution in [0, 0.1) is 0 Å². The van der Waals surface area contributed by atoms with Gasteiger partial charge in [-0.15, -0.1) is 10.2 Å². The van der Waals surface area contributed by atoms with Crippen LogP contribution < -0.4 is 4.90 Å². The molecule has 2 amide bonds. The predicted octanol–water partition coefficient (Wildman–Crippen LogP) is 3.08. The molecule has 0 aliphatic carbocycles. The molecule has 0 aromatic carbocycles. The molecule has 0 radical (unpaired) electrons. The van der Waals surface area contributed by atoms with Gasteiger partial charge in [0.05, 0.1) is 0 Å². The number of nitrogens with zero attached hydrogens (tertiary/aromatic N) is 4. The van der Waals surface area contributed by atoms with Crippen molar-refractivity contribution in [2.45, 2.75) is 36.9 Å². The lowest BCUT2D eigenvalue weighted by atomic mass is 10.2. The molecular weight excluding hydrogens is 280 g/mol. The lowest BCUT2D eigenvalue weighted by Gasteiger charge is -2.10. The summed E-state index contributed by atoms with van der Waals surface area (Å²) in [7, 11) is 1.81. The Morgan fingerprint density at radius 1 is 1.26 bits per heavy atom. The Bertz CT molecular complexity index is 424. The summed E-state index contributed by atoms with van der Waals surface area (Å²) in [6.07, 6.45) is 5.07. The number of amides is 2. The van der Waals surface area contributed by atoms with Crippen LogP contribution in [0.2, 0.25) is 0 Å². The number of aromatic nitrogens is 2. The van der Waals surface area contributed by atoms with Gasteiger partial charge >= 0.3 is 6.03 Å². The Hall–Kier alpha value is -0.820. The summed E-state index contributed by atoms with van der Waals surface area (Å²) < 4.78 is 0.967. The third kappa shape index (κ3) is 3.82. The molecule has 1 aromatic rings. The van der Waals surface area contributed by atoms with Gasteiger partial charge in [-0.25, -0.2) is 4.79 Å². The van der Waals surface area contributed by atoms with Crippen LogP contribution >= 0.6 is 23.1 Å². The standard InChI is InChI=1S/C12H20N4OS2/c1-3-4-5-6-9-18-11-14-13-10(19-11)16-8-7-15(2)12(16)17/h3-9H2,1-2H3. The van der Waals surface area contributed by atoms with E-state index in [9.17, 15) is 4.79 Å². The Kier molecular flexibility index (Phi) is 5.45. The number of carbonyl (C=O) groups is 1. The molecule has 2 heterocycles. The van der Waals surface area contributed by atoms with Gasteiger partial charge in [0.2, 0.25) is 5.13 Å². The van der Waals surface area contributed by atoms with E-state index in [2.05, 4.69) is 17.1 Å². The van der Waals surface area contributed by atoms with E-state index in [4.69, 9.17) is 0 Å². The molecule has 7 heteroatoms. The number of anilines is 1. The molecular formula is C12H20N4OS2. The lowest BCUT2D eigenvalue weighted by Crippen LogP contribution is -2.29. The molecule has 0 unspecified atom stereocenters. The van der Waals surface area contributed by atoms with E-state index < -0.39 is 0 Å². The quantitative estimate of drug-likeness (QED) is 0.441. The minimum atomic E-state index is 0.0237. The monoisotopic (exact) mass is 300 g/mol. The van der Waals surface area contributed by atoms with Crippen LogP contribution in [0.15, 0.2) is 4.34 Å². The van der Waals surface area contributed by atoms with E-state index in [-0.39, 0.29) is 6.03 Å². The van der Waals surface area contributed by atoms with Crippen molar-refractivity contribution in [2.24, 2.45) is 0 Å². The number of hydrogen-bond acceptors (Lipinski definition) is 5. The third-order valence-corrected chi connectivity index (χ3v) is 5.23. The summed E-state index contributed by atoms with van der Waals surface area (Å²) in [6, 6.07) is 0.0237. The van der Waals surface area contributed by atoms with Crippen LogP contribution in [0.1, 0.15) is 32.6 Å². The van der Waals surface area contributed by atoms with Gasteiger partial charge in [0.1, 0.15) is 0 Å². The number of rotatable bonds is 7. The average molecular weight is 300 g/mol. The molecule has 5 nitrogen and oxygen atoms in total. The number of urea groups is 1. The minimum absolute atomic E-state index is 0.0237. The first kappa shape index (κ1) is 14.6. The van der Waals surface area contributed by atoms with Gasteiger partial charge in [0.15, 0.2) is 4.34 Å². The summed E-state index contributed by atoms with van der Waals surface area (Å²) >= 11 is 3.26. The SMILES string of the molecule is CCCCCCSc1nnc(N2CCN(C)C2=O)s1. The van der Waals surface area contributed by atoms with Crippen LogP contribution in [0.25, 0.3) is 0 Å². The Labute approximate surface area is 122 Å². The highest BCUT2D eigenvalue weighted by atomic mass is 32.2. The van der Waals surface area contributed by atoms with Crippen LogP contribution in [-0.2, 0) is 0 Å². The zero-order valence-electron chi connectivity index (χ0n) is 11.5. The van der Waals surface area contributed by atoms with E-state index in [1.165, 1.54) is 37.0 Å². The maximum Gasteiger partial charge on any atom is 0.326 e. The van der Waals surface area contributed by atoms with Crippen molar-refractivity contribution in [1.82, 2.24) is 15.1 Å². The molecule has 2 rings (SSSR count). The van der Waals surface area contributed by atoms with Crippen molar-refractivity contribution in [3.05, 3.63) is 0 Å². The molecule has 1 aliphatic heterocycles. The number of likely N-dealkylation sites (N-methyl/N-ethyl adjacent to an activating group) is 1. The maximum atomic E-state index is 11.8. The van der Waals surface area contributed by atoms with Gasteiger partial charge in [-0.05, 0) is 6.42 Å². The number of carbonyl (C=O) groups excluding carboxylic acids is 1. The third-order valence-electron chi connectivity index (χ3n) is 3.07. The molecule has 1 fully saturated rings. The summed E-state index contributed by atoms with van der Waals surface area (Å²) in [6.45, 7) is 3.69. The molecule has 106 valence electrons. The van der Waals surface area contributed by atoms with Crippen molar-refractivity contribution in [2.75, 3.05) is 30.8 Å². The van der Waals surface area contributed by atoms with Crippen LogP contribution in [0.5, 0.6) is 0 Å². The summed E-state index contributed by atoms with van der Waals surface area (Å²) in [4.78, 5) is 15.2. The number of unbranched alkanes of at least 4 members (excludes halogenated alkanes) is 3. The van der Waals surface area contributed by atoms with Gasteiger partial charge in [-0.3, -0.25) is 4.90 Å². The summed E-state index contributed by atoms with van der Waals surface area (Å²) in [5.74, 6) is 1.09. The first-order chi connectivity index (χ1) is 9.22.